The third-order valence-electron chi connectivity index (χ3n) is 7.24. The molecule has 1 aliphatic heterocycles. The summed E-state index contributed by atoms with van der Waals surface area (Å²) in [5, 5.41) is 0. The number of carbonyl (C=O) groups excluding carboxylic acids is 1. The number of methoxy groups -OCH3 is 4. The number of ether oxygens (including phenoxy) is 5. The maximum absolute atomic E-state index is 12.9. The second-order valence-electron chi connectivity index (χ2n) is 9.04. The van der Waals surface area contributed by atoms with Crippen molar-refractivity contribution in [1.82, 2.24) is 0 Å². The van der Waals surface area contributed by atoms with Gasteiger partial charge in [-0.1, -0.05) is 42.5 Å². The minimum Gasteiger partial charge on any atom is -0.500 e. The van der Waals surface area contributed by atoms with Crippen LogP contribution < -0.4 is 19.8 Å². The predicted molar refractivity (Wildman–Crippen MR) is 139 cm³/mol. The van der Waals surface area contributed by atoms with Crippen LogP contribution in [-0.2, 0) is 14.3 Å². The van der Waals surface area contributed by atoms with E-state index in [1.54, 1.807) is 20.3 Å². The Hall–Kier alpha value is -4.46. The molecule has 8 nitrogen and oxygen atoms in total. The average molecular weight is 517 g/mol. The largest absolute Gasteiger partial charge is 0.500 e. The molecule has 0 saturated heterocycles. The van der Waals surface area contributed by atoms with Gasteiger partial charge in [0.1, 0.15) is 28.8 Å². The van der Waals surface area contributed by atoms with Gasteiger partial charge >= 0.3 is 11.6 Å². The topological polar surface area (TPSA) is 93.4 Å². The zero-order chi connectivity index (χ0) is 26.9. The molecule has 0 radical (unpaired) electrons. The van der Waals surface area contributed by atoms with E-state index in [-0.39, 0.29) is 5.92 Å². The Labute approximate surface area is 220 Å². The molecule has 2 aromatic carbocycles. The highest BCUT2D eigenvalue weighted by atomic mass is 16.6. The molecule has 0 N–H and O–H groups in total. The molecule has 8 heteroatoms. The van der Waals surface area contributed by atoms with Crippen LogP contribution in [0.2, 0.25) is 0 Å². The second-order valence-corrected chi connectivity index (χ2v) is 9.04. The molecule has 0 amide bonds. The SMILES string of the molecule is COC1=CC(=O)OC2(/C=C/c3ccccc3OC)C1C(c1ccccc1OC)C2c1cc(OC)cc(=O)o1. The fourth-order valence-electron chi connectivity index (χ4n) is 5.66. The lowest BCUT2D eigenvalue weighted by molar-refractivity contribution is -0.182. The van der Waals surface area contributed by atoms with Crippen LogP contribution in [0.15, 0.2) is 87.8 Å². The van der Waals surface area contributed by atoms with Gasteiger partial charge in [-0.2, -0.15) is 0 Å². The number of rotatable bonds is 8. The van der Waals surface area contributed by atoms with E-state index in [4.69, 9.17) is 28.1 Å². The first-order valence-electron chi connectivity index (χ1n) is 12.1. The Morgan fingerprint density at radius 1 is 0.816 bits per heavy atom. The number of esters is 1. The molecule has 4 unspecified atom stereocenters. The fourth-order valence-corrected chi connectivity index (χ4v) is 5.66. The van der Waals surface area contributed by atoms with Crippen LogP contribution in [0.3, 0.4) is 0 Å². The molecule has 4 atom stereocenters. The van der Waals surface area contributed by atoms with E-state index >= 15 is 0 Å². The summed E-state index contributed by atoms with van der Waals surface area (Å²) in [4.78, 5) is 25.5. The number of hydrogen-bond donors (Lipinski definition) is 0. The van der Waals surface area contributed by atoms with Gasteiger partial charge in [0, 0.05) is 17.5 Å². The van der Waals surface area contributed by atoms with Crippen LogP contribution in [0.25, 0.3) is 6.08 Å². The smallest absolute Gasteiger partial charge is 0.339 e. The van der Waals surface area contributed by atoms with E-state index in [1.165, 1.54) is 26.4 Å². The van der Waals surface area contributed by atoms with Crippen LogP contribution in [0.1, 0.15) is 28.7 Å². The van der Waals surface area contributed by atoms with Crippen LogP contribution in [0, 0.1) is 5.92 Å². The van der Waals surface area contributed by atoms with Crippen molar-refractivity contribution < 1.29 is 32.9 Å². The number of benzene rings is 2. The van der Waals surface area contributed by atoms with Gasteiger partial charge in [-0.05, 0) is 23.8 Å². The first kappa shape index (κ1) is 25.2. The first-order valence-corrected chi connectivity index (χ1v) is 12.1. The van der Waals surface area contributed by atoms with Gasteiger partial charge in [0.25, 0.3) is 0 Å². The molecule has 5 rings (SSSR count). The minimum atomic E-state index is -1.24. The molecule has 1 aliphatic carbocycles. The highest BCUT2D eigenvalue weighted by Crippen LogP contribution is 2.67. The van der Waals surface area contributed by atoms with Crippen molar-refractivity contribution in [1.29, 1.82) is 0 Å². The van der Waals surface area contributed by atoms with Gasteiger partial charge in [-0.3, -0.25) is 0 Å². The average Bonchev–Trinajstić information content (AvgIpc) is 2.93. The van der Waals surface area contributed by atoms with Gasteiger partial charge in [0.2, 0.25) is 0 Å². The van der Waals surface area contributed by atoms with Gasteiger partial charge in [-0.25, -0.2) is 9.59 Å². The van der Waals surface area contributed by atoms with Crippen LogP contribution in [0.5, 0.6) is 17.2 Å². The van der Waals surface area contributed by atoms with Gasteiger partial charge in [-0.15, -0.1) is 0 Å². The van der Waals surface area contributed by atoms with E-state index < -0.39 is 29.0 Å². The molecule has 1 saturated carbocycles. The summed E-state index contributed by atoms with van der Waals surface area (Å²) in [6.07, 6.45) is 5.04. The third-order valence-corrected chi connectivity index (χ3v) is 7.24. The zero-order valence-corrected chi connectivity index (χ0v) is 21.5. The van der Waals surface area contributed by atoms with Gasteiger partial charge in [0.15, 0.2) is 5.60 Å². The summed E-state index contributed by atoms with van der Waals surface area (Å²) in [6.45, 7) is 0. The molecule has 0 spiro atoms. The Kier molecular flexibility index (Phi) is 6.72. The Morgan fingerprint density at radius 2 is 1.53 bits per heavy atom. The summed E-state index contributed by atoms with van der Waals surface area (Å²) in [6, 6.07) is 18.0. The molecule has 0 bridgehead atoms. The predicted octanol–water partition coefficient (Wildman–Crippen LogP) is 4.70. The van der Waals surface area contributed by atoms with E-state index in [9.17, 15) is 9.59 Å². The number of carbonyl (C=O) groups is 1. The fraction of sp³-hybridized carbons (Fsp3) is 0.267. The molecule has 1 fully saturated rings. The Bertz CT molecular complexity index is 1470. The molecular weight excluding hydrogens is 488 g/mol. The van der Waals surface area contributed by atoms with Crippen molar-refractivity contribution >= 4 is 12.0 Å². The van der Waals surface area contributed by atoms with E-state index in [1.807, 2.05) is 60.7 Å². The first-order chi connectivity index (χ1) is 18.4. The summed E-state index contributed by atoms with van der Waals surface area (Å²) in [5.41, 5.74) is -0.168. The molecular formula is C30H28O8. The van der Waals surface area contributed by atoms with Crippen molar-refractivity contribution in [3.8, 4) is 17.2 Å². The maximum atomic E-state index is 12.9. The molecule has 2 aliphatic rings. The highest BCUT2D eigenvalue weighted by molar-refractivity contribution is 5.85. The zero-order valence-electron chi connectivity index (χ0n) is 21.5. The molecule has 3 aromatic rings. The van der Waals surface area contributed by atoms with Crippen molar-refractivity contribution in [2.24, 2.45) is 5.92 Å². The Morgan fingerprint density at radius 3 is 2.24 bits per heavy atom. The van der Waals surface area contributed by atoms with Crippen LogP contribution >= 0.6 is 0 Å². The van der Waals surface area contributed by atoms with E-state index in [0.29, 0.717) is 28.8 Å². The lowest BCUT2D eigenvalue weighted by Gasteiger charge is -2.59. The maximum Gasteiger partial charge on any atom is 0.339 e. The summed E-state index contributed by atoms with van der Waals surface area (Å²) >= 11 is 0. The highest BCUT2D eigenvalue weighted by Gasteiger charge is 2.69. The minimum absolute atomic E-state index is 0.316. The summed E-state index contributed by atoms with van der Waals surface area (Å²) in [5.74, 6) is 0.495. The van der Waals surface area contributed by atoms with Crippen LogP contribution in [-0.4, -0.2) is 40.0 Å². The molecule has 1 aromatic heterocycles. The number of fused-ring (bicyclic) bond motifs is 1. The monoisotopic (exact) mass is 516 g/mol. The number of para-hydroxylation sites is 2. The normalized spacial score (nSPS) is 24.1. The van der Waals surface area contributed by atoms with Crippen molar-refractivity contribution in [3.63, 3.8) is 0 Å². The second kappa shape index (κ2) is 10.1. The molecule has 196 valence electrons. The lowest BCUT2D eigenvalue weighted by atomic mass is 9.49. The van der Waals surface area contributed by atoms with E-state index in [2.05, 4.69) is 0 Å². The summed E-state index contributed by atoms with van der Waals surface area (Å²) in [7, 11) is 6.19. The Balaban J connectivity index is 1.76. The van der Waals surface area contributed by atoms with Crippen molar-refractivity contribution in [2.45, 2.75) is 17.4 Å². The number of hydrogen-bond acceptors (Lipinski definition) is 8. The van der Waals surface area contributed by atoms with Crippen molar-refractivity contribution in [2.75, 3.05) is 28.4 Å². The van der Waals surface area contributed by atoms with Crippen LogP contribution in [0.4, 0.5) is 0 Å². The van der Waals surface area contributed by atoms with Crippen molar-refractivity contribution in [3.05, 3.63) is 106 Å². The van der Waals surface area contributed by atoms with E-state index in [0.717, 1.165) is 11.1 Å². The summed E-state index contributed by atoms with van der Waals surface area (Å²) < 4.78 is 34.2. The third kappa shape index (κ3) is 4.12. The standard InChI is InChI=1S/C30H28O8/c1-33-19-15-24(37-25(31)16-19)29-27(20-10-6-8-12-22(20)35-3)28-23(36-4)17-26(32)38-30(28,29)14-13-18-9-5-7-11-21(18)34-2/h5-17,27-29H,1-4H3/b14-13+. The molecule has 2 heterocycles. The van der Waals surface area contributed by atoms with Gasteiger partial charge in [0.05, 0.1) is 52.4 Å². The lowest BCUT2D eigenvalue weighted by Crippen LogP contribution is -2.63. The quantitative estimate of drug-likeness (QED) is 0.398. The van der Waals surface area contributed by atoms with Gasteiger partial charge < -0.3 is 28.1 Å². The molecule has 38 heavy (non-hydrogen) atoms.